The number of rotatable bonds is 5. The molecule has 0 radical (unpaired) electrons. The Labute approximate surface area is 140 Å². The van der Waals surface area contributed by atoms with Crippen molar-refractivity contribution in [3.63, 3.8) is 0 Å². The summed E-state index contributed by atoms with van der Waals surface area (Å²) in [6.45, 7) is 2.18. The highest BCUT2D eigenvalue weighted by Crippen LogP contribution is 2.18. The smallest absolute Gasteiger partial charge is 0.328 e. The number of aryl methyl sites for hydroxylation is 1. The number of carboxylic acid groups (broad SMARTS) is 1. The Hall–Kier alpha value is -2.63. The van der Waals surface area contributed by atoms with Crippen molar-refractivity contribution >= 4 is 29.0 Å². The zero-order valence-electron chi connectivity index (χ0n) is 13.5. The van der Waals surface area contributed by atoms with E-state index in [9.17, 15) is 9.59 Å². The molecule has 6 nitrogen and oxygen atoms in total. The maximum atomic E-state index is 12.4. The molecule has 1 aliphatic rings. The van der Waals surface area contributed by atoms with Gasteiger partial charge in [0.05, 0.1) is 11.0 Å². The molecule has 126 valence electrons. The highest BCUT2D eigenvalue weighted by Gasteiger charge is 2.17. The van der Waals surface area contributed by atoms with Crippen LogP contribution in [0.5, 0.6) is 0 Å². The lowest BCUT2D eigenvalue weighted by Gasteiger charge is -2.26. The van der Waals surface area contributed by atoms with Gasteiger partial charge in [-0.2, -0.15) is 0 Å². The van der Waals surface area contributed by atoms with E-state index in [2.05, 4.69) is 4.98 Å². The van der Waals surface area contributed by atoms with Gasteiger partial charge in [0.25, 0.3) is 0 Å². The Balaban J connectivity index is 1.80. The molecule has 1 aromatic heterocycles. The molecule has 0 aliphatic carbocycles. The van der Waals surface area contributed by atoms with Crippen molar-refractivity contribution in [2.45, 2.75) is 32.2 Å². The summed E-state index contributed by atoms with van der Waals surface area (Å²) < 4.78 is 1.91. The second-order valence-corrected chi connectivity index (χ2v) is 5.97. The summed E-state index contributed by atoms with van der Waals surface area (Å²) >= 11 is 0. The SMILES string of the molecule is O=C(O)/C=C/c1nc2ccccc2n1CCC(=O)N1CCCCC1. The normalized spacial score (nSPS) is 15.2. The first-order chi connectivity index (χ1) is 11.6. The first-order valence-electron chi connectivity index (χ1n) is 8.29. The van der Waals surface area contributed by atoms with Gasteiger partial charge in [-0.15, -0.1) is 0 Å². The number of aliphatic carboxylic acids is 1. The molecule has 0 unspecified atom stereocenters. The predicted molar refractivity (Wildman–Crippen MR) is 91.5 cm³/mol. The molecule has 0 spiro atoms. The maximum Gasteiger partial charge on any atom is 0.328 e. The second kappa shape index (κ2) is 7.29. The van der Waals surface area contributed by atoms with Crippen LogP contribution in [0.4, 0.5) is 0 Å². The molecule has 1 fully saturated rings. The number of piperidine rings is 1. The predicted octanol–water partition coefficient (Wildman–Crippen LogP) is 2.54. The van der Waals surface area contributed by atoms with Crippen LogP contribution in [0.1, 0.15) is 31.5 Å². The van der Waals surface area contributed by atoms with Gasteiger partial charge < -0.3 is 14.6 Å². The number of nitrogens with zero attached hydrogens (tertiary/aromatic N) is 3. The van der Waals surface area contributed by atoms with Gasteiger partial charge in [0.15, 0.2) is 0 Å². The van der Waals surface area contributed by atoms with Crippen LogP contribution in [0.25, 0.3) is 17.1 Å². The van der Waals surface area contributed by atoms with E-state index in [1.54, 1.807) is 0 Å². The molecule has 2 aromatic rings. The lowest BCUT2D eigenvalue weighted by atomic mass is 10.1. The molecule has 0 saturated carbocycles. The van der Waals surface area contributed by atoms with Gasteiger partial charge in [0.1, 0.15) is 5.82 Å². The van der Waals surface area contributed by atoms with Crippen molar-refractivity contribution in [3.8, 4) is 0 Å². The van der Waals surface area contributed by atoms with Crippen molar-refractivity contribution in [1.82, 2.24) is 14.5 Å². The molecular formula is C18H21N3O3. The number of carbonyl (C=O) groups excluding carboxylic acids is 1. The van der Waals surface area contributed by atoms with Crippen LogP contribution in [0.2, 0.25) is 0 Å². The van der Waals surface area contributed by atoms with E-state index in [1.807, 2.05) is 33.7 Å². The molecule has 0 bridgehead atoms. The molecule has 2 heterocycles. The van der Waals surface area contributed by atoms with Crippen molar-refractivity contribution in [1.29, 1.82) is 0 Å². The largest absolute Gasteiger partial charge is 0.478 e. The third-order valence-corrected chi connectivity index (χ3v) is 4.32. The molecule has 1 N–H and O–H groups in total. The maximum absolute atomic E-state index is 12.4. The molecule has 3 rings (SSSR count). The van der Waals surface area contributed by atoms with E-state index < -0.39 is 5.97 Å². The fourth-order valence-electron chi connectivity index (χ4n) is 3.11. The number of para-hydroxylation sites is 2. The Morgan fingerprint density at radius 1 is 1.17 bits per heavy atom. The van der Waals surface area contributed by atoms with Crippen molar-refractivity contribution in [2.75, 3.05) is 13.1 Å². The summed E-state index contributed by atoms with van der Waals surface area (Å²) in [6.07, 6.45) is 6.30. The van der Waals surface area contributed by atoms with Crippen LogP contribution in [0.3, 0.4) is 0 Å². The minimum atomic E-state index is -1.02. The van der Waals surface area contributed by atoms with Gasteiger partial charge in [0.2, 0.25) is 5.91 Å². The average Bonchev–Trinajstić information content (AvgIpc) is 2.96. The molecule has 0 atom stereocenters. The number of fused-ring (bicyclic) bond motifs is 1. The van der Waals surface area contributed by atoms with Gasteiger partial charge >= 0.3 is 5.97 Å². The van der Waals surface area contributed by atoms with Gasteiger partial charge in [-0.1, -0.05) is 12.1 Å². The number of likely N-dealkylation sites (tertiary alicyclic amines) is 1. The first kappa shape index (κ1) is 16.2. The quantitative estimate of drug-likeness (QED) is 0.856. The average molecular weight is 327 g/mol. The molecule has 1 amide bonds. The van der Waals surface area contributed by atoms with Gasteiger partial charge in [-0.25, -0.2) is 9.78 Å². The van der Waals surface area contributed by atoms with E-state index >= 15 is 0 Å². The number of aromatic nitrogens is 2. The molecule has 6 heteroatoms. The summed E-state index contributed by atoms with van der Waals surface area (Å²) in [6, 6.07) is 7.63. The van der Waals surface area contributed by atoms with Crippen LogP contribution in [0, 0.1) is 0 Å². The van der Waals surface area contributed by atoms with E-state index in [-0.39, 0.29) is 5.91 Å². The van der Waals surface area contributed by atoms with E-state index in [0.717, 1.165) is 43.0 Å². The third-order valence-electron chi connectivity index (χ3n) is 4.32. The number of carbonyl (C=O) groups is 2. The van der Waals surface area contributed by atoms with Crippen LogP contribution < -0.4 is 0 Å². The van der Waals surface area contributed by atoms with E-state index in [1.165, 1.54) is 12.5 Å². The Morgan fingerprint density at radius 2 is 1.92 bits per heavy atom. The van der Waals surface area contributed by atoms with Gasteiger partial charge in [-0.3, -0.25) is 4.79 Å². The van der Waals surface area contributed by atoms with Crippen LogP contribution in [-0.4, -0.2) is 44.5 Å². The van der Waals surface area contributed by atoms with Gasteiger partial charge in [-0.05, 0) is 37.5 Å². The summed E-state index contributed by atoms with van der Waals surface area (Å²) in [5.41, 5.74) is 1.71. The van der Waals surface area contributed by atoms with Crippen LogP contribution >= 0.6 is 0 Å². The Bertz CT molecular complexity index is 773. The first-order valence-corrected chi connectivity index (χ1v) is 8.29. The summed E-state index contributed by atoms with van der Waals surface area (Å²) in [4.78, 5) is 29.6. The Morgan fingerprint density at radius 3 is 2.67 bits per heavy atom. The van der Waals surface area contributed by atoms with E-state index in [4.69, 9.17) is 5.11 Å². The van der Waals surface area contributed by atoms with Crippen molar-refractivity contribution < 1.29 is 14.7 Å². The number of hydrogen-bond acceptors (Lipinski definition) is 3. The number of carboxylic acids is 1. The number of imidazole rings is 1. The van der Waals surface area contributed by atoms with Gasteiger partial charge in [0, 0.05) is 32.1 Å². The fourth-order valence-corrected chi connectivity index (χ4v) is 3.11. The van der Waals surface area contributed by atoms with Crippen LogP contribution in [-0.2, 0) is 16.1 Å². The minimum Gasteiger partial charge on any atom is -0.478 e. The van der Waals surface area contributed by atoms with Crippen molar-refractivity contribution in [3.05, 3.63) is 36.2 Å². The third kappa shape index (κ3) is 3.64. The number of hydrogen-bond donors (Lipinski definition) is 1. The van der Waals surface area contributed by atoms with E-state index in [0.29, 0.717) is 18.8 Å². The highest BCUT2D eigenvalue weighted by atomic mass is 16.4. The zero-order valence-corrected chi connectivity index (χ0v) is 13.5. The lowest BCUT2D eigenvalue weighted by Crippen LogP contribution is -2.36. The molecule has 1 saturated heterocycles. The zero-order chi connectivity index (χ0) is 16.9. The summed E-state index contributed by atoms with van der Waals surface area (Å²) in [5.74, 6) is -0.302. The number of benzene rings is 1. The topological polar surface area (TPSA) is 75.4 Å². The highest BCUT2D eigenvalue weighted by molar-refractivity contribution is 5.86. The summed E-state index contributed by atoms with van der Waals surface area (Å²) in [7, 11) is 0. The van der Waals surface area contributed by atoms with Crippen LogP contribution in [0.15, 0.2) is 30.3 Å². The molecule has 1 aromatic carbocycles. The van der Waals surface area contributed by atoms with Crippen molar-refractivity contribution in [2.24, 2.45) is 0 Å². The monoisotopic (exact) mass is 327 g/mol. The molecule has 24 heavy (non-hydrogen) atoms. The fraction of sp³-hybridized carbons (Fsp3) is 0.389. The summed E-state index contributed by atoms with van der Waals surface area (Å²) in [5, 5.41) is 8.84. The minimum absolute atomic E-state index is 0.153. The second-order valence-electron chi connectivity index (χ2n) is 5.97. The molecular weight excluding hydrogens is 306 g/mol. The number of amides is 1. The molecule has 1 aliphatic heterocycles. The standard InChI is InChI=1S/C18H21N3O3/c22-17(20-11-4-1-5-12-20)10-13-21-15-7-3-2-6-14(15)19-16(21)8-9-18(23)24/h2-3,6-9H,1,4-5,10-13H2,(H,23,24)/b9-8+. The lowest BCUT2D eigenvalue weighted by molar-refractivity contribution is -0.132. The Kier molecular flexibility index (Phi) is 4.93.